The van der Waals surface area contributed by atoms with Crippen LogP contribution in [0.4, 0.5) is 0 Å². The van der Waals surface area contributed by atoms with Crippen molar-refractivity contribution in [1.29, 1.82) is 0 Å². The van der Waals surface area contributed by atoms with E-state index in [1.807, 2.05) is 0 Å². The lowest BCUT2D eigenvalue weighted by molar-refractivity contribution is -0.0318. The van der Waals surface area contributed by atoms with Gasteiger partial charge in [-0.25, -0.2) is 0 Å². The van der Waals surface area contributed by atoms with Gasteiger partial charge in [0.05, 0.1) is 0 Å². The van der Waals surface area contributed by atoms with Gasteiger partial charge in [0.1, 0.15) is 0 Å². The van der Waals surface area contributed by atoms with Crippen molar-refractivity contribution in [1.82, 2.24) is 0 Å². The van der Waals surface area contributed by atoms with Gasteiger partial charge in [-0.15, -0.1) is 0 Å². The monoisotopic (exact) mass is 238 g/mol. The molecule has 0 aromatic carbocycles. The lowest BCUT2D eigenvalue weighted by Gasteiger charge is -2.48. The Morgan fingerprint density at radius 3 is 1.53 bits per heavy atom. The van der Waals surface area contributed by atoms with E-state index in [2.05, 4.69) is 6.92 Å². The Morgan fingerprint density at radius 1 is 0.824 bits per heavy atom. The fourth-order valence-corrected chi connectivity index (χ4v) is 4.64. The molecule has 1 nitrogen and oxygen atoms in total. The standard InChI is InChI=1S/C16H30O/c1-2-16(13-17,14-9-5-3-6-10-14)15-11-7-4-8-12-15/h14-15,17H,2-13H2,1H3. The normalized spacial score (nSPS) is 25.1. The summed E-state index contributed by atoms with van der Waals surface area (Å²) < 4.78 is 0. The zero-order chi connectivity index (χ0) is 12.1. The lowest BCUT2D eigenvalue weighted by Crippen LogP contribution is -2.42. The molecule has 0 atom stereocenters. The molecule has 0 bridgehead atoms. The van der Waals surface area contributed by atoms with Crippen molar-refractivity contribution >= 4 is 0 Å². The first-order valence-electron chi connectivity index (χ1n) is 7.94. The van der Waals surface area contributed by atoms with Gasteiger partial charge in [0, 0.05) is 6.61 Å². The predicted octanol–water partition coefficient (Wildman–Crippen LogP) is 4.54. The van der Waals surface area contributed by atoms with Crippen molar-refractivity contribution in [2.45, 2.75) is 77.6 Å². The van der Waals surface area contributed by atoms with Crippen LogP contribution < -0.4 is 0 Å². The molecule has 0 unspecified atom stereocenters. The zero-order valence-electron chi connectivity index (χ0n) is 11.6. The number of hydrogen-bond donors (Lipinski definition) is 1. The first-order chi connectivity index (χ1) is 8.33. The largest absolute Gasteiger partial charge is 0.396 e. The number of hydrogen-bond acceptors (Lipinski definition) is 1. The van der Waals surface area contributed by atoms with Crippen molar-refractivity contribution in [2.24, 2.45) is 17.3 Å². The van der Waals surface area contributed by atoms with Gasteiger partial charge in [0.2, 0.25) is 0 Å². The topological polar surface area (TPSA) is 20.2 Å². The minimum Gasteiger partial charge on any atom is -0.396 e. The Labute approximate surface area is 107 Å². The van der Waals surface area contributed by atoms with Crippen molar-refractivity contribution in [3.63, 3.8) is 0 Å². The average Bonchev–Trinajstić information content (AvgIpc) is 2.43. The quantitative estimate of drug-likeness (QED) is 0.762. The minimum absolute atomic E-state index is 0.279. The van der Waals surface area contributed by atoms with Crippen LogP contribution in [0, 0.1) is 17.3 Å². The van der Waals surface area contributed by atoms with Crippen LogP contribution in [-0.2, 0) is 0 Å². The van der Waals surface area contributed by atoms with Gasteiger partial charge in [0.15, 0.2) is 0 Å². The first-order valence-corrected chi connectivity index (χ1v) is 7.94. The highest BCUT2D eigenvalue weighted by molar-refractivity contribution is 4.93. The first kappa shape index (κ1) is 13.4. The van der Waals surface area contributed by atoms with Gasteiger partial charge >= 0.3 is 0 Å². The van der Waals surface area contributed by atoms with E-state index in [1.165, 1.54) is 70.6 Å². The van der Waals surface area contributed by atoms with E-state index in [1.54, 1.807) is 0 Å². The molecule has 0 radical (unpaired) electrons. The van der Waals surface area contributed by atoms with Gasteiger partial charge in [-0.05, 0) is 49.4 Å². The van der Waals surface area contributed by atoms with Crippen LogP contribution >= 0.6 is 0 Å². The van der Waals surface area contributed by atoms with E-state index < -0.39 is 0 Å². The molecule has 0 aromatic heterocycles. The molecule has 2 rings (SSSR count). The SMILES string of the molecule is CCC(CO)(C1CCCCC1)C1CCCCC1. The molecule has 100 valence electrons. The summed E-state index contributed by atoms with van der Waals surface area (Å²) in [6, 6.07) is 0. The molecule has 0 saturated heterocycles. The highest BCUT2D eigenvalue weighted by Crippen LogP contribution is 2.50. The smallest absolute Gasteiger partial charge is 0.0492 e. The summed E-state index contributed by atoms with van der Waals surface area (Å²) >= 11 is 0. The van der Waals surface area contributed by atoms with E-state index >= 15 is 0 Å². The second-order valence-corrected chi connectivity index (χ2v) is 6.41. The third kappa shape index (κ3) is 2.70. The summed E-state index contributed by atoms with van der Waals surface area (Å²) in [7, 11) is 0. The molecule has 2 saturated carbocycles. The zero-order valence-corrected chi connectivity index (χ0v) is 11.6. The molecule has 1 heteroatoms. The Bertz CT molecular complexity index is 188. The average molecular weight is 238 g/mol. The van der Waals surface area contributed by atoms with Crippen LogP contribution in [0.2, 0.25) is 0 Å². The molecular formula is C16H30O. The molecule has 17 heavy (non-hydrogen) atoms. The fraction of sp³-hybridized carbons (Fsp3) is 1.00. The van der Waals surface area contributed by atoms with E-state index in [0.29, 0.717) is 6.61 Å². The van der Waals surface area contributed by atoms with Crippen LogP contribution in [-0.4, -0.2) is 11.7 Å². The van der Waals surface area contributed by atoms with Crippen molar-refractivity contribution in [3.05, 3.63) is 0 Å². The Hall–Kier alpha value is -0.0400. The van der Waals surface area contributed by atoms with Crippen LogP contribution in [0.1, 0.15) is 77.6 Å². The van der Waals surface area contributed by atoms with E-state index in [0.717, 1.165) is 11.8 Å². The maximum atomic E-state index is 10.1. The van der Waals surface area contributed by atoms with Gasteiger partial charge < -0.3 is 5.11 Å². The minimum atomic E-state index is 0.279. The molecule has 0 heterocycles. The van der Waals surface area contributed by atoms with Gasteiger partial charge in [-0.2, -0.15) is 0 Å². The second-order valence-electron chi connectivity index (χ2n) is 6.41. The Kier molecular flexibility index (Phi) is 4.90. The molecule has 2 fully saturated rings. The third-order valence-electron chi connectivity index (χ3n) is 5.79. The number of rotatable bonds is 4. The lowest BCUT2D eigenvalue weighted by atomic mass is 9.58. The van der Waals surface area contributed by atoms with Crippen LogP contribution in [0.15, 0.2) is 0 Å². The van der Waals surface area contributed by atoms with E-state index in [4.69, 9.17) is 0 Å². The highest BCUT2D eigenvalue weighted by atomic mass is 16.3. The molecule has 2 aliphatic carbocycles. The maximum Gasteiger partial charge on any atom is 0.0492 e. The Balaban J connectivity index is 2.10. The van der Waals surface area contributed by atoms with Gasteiger partial charge in [-0.1, -0.05) is 45.4 Å². The molecular weight excluding hydrogens is 208 g/mol. The number of aliphatic hydroxyl groups is 1. The highest BCUT2D eigenvalue weighted by Gasteiger charge is 2.43. The van der Waals surface area contributed by atoms with Crippen molar-refractivity contribution in [2.75, 3.05) is 6.61 Å². The summed E-state index contributed by atoms with van der Waals surface area (Å²) in [6.45, 7) is 2.76. The van der Waals surface area contributed by atoms with Crippen LogP contribution in [0.3, 0.4) is 0 Å². The molecule has 0 aliphatic heterocycles. The van der Waals surface area contributed by atoms with Crippen LogP contribution in [0.25, 0.3) is 0 Å². The summed E-state index contributed by atoms with van der Waals surface area (Å²) in [5, 5.41) is 10.1. The Morgan fingerprint density at radius 2 is 1.24 bits per heavy atom. The third-order valence-corrected chi connectivity index (χ3v) is 5.79. The van der Waals surface area contributed by atoms with Crippen LogP contribution in [0.5, 0.6) is 0 Å². The summed E-state index contributed by atoms with van der Waals surface area (Å²) in [6.07, 6.45) is 15.2. The second kappa shape index (κ2) is 6.22. The van der Waals surface area contributed by atoms with Gasteiger partial charge in [-0.3, -0.25) is 0 Å². The molecule has 0 spiro atoms. The van der Waals surface area contributed by atoms with Crippen molar-refractivity contribution in [3.8, 4) is 0 Å². The molecule has 2 aliphatic rings. The summed E-state index contributed by atoms with van der Waals surface area (Å²) in [5.41, 5.74) is 0.279. The van der Waals surface area contributed by atoms with E-state index in [9.17, 15) is 5.11 Å². The fourth-order valence-electron chi connectivity index (χ4n) is 4.64. The summed E-state index contributed by atoms with van der Waals surface area (Å²) in [5.74, 6) is 1.63. The predicted molar refractivity (Wildman–Crippen MR) is 73.0 cm³/mol. The molecule has 1 N–H and O–H groups in total. The maximum absolute atomic E-state index is 10.1. The molecule has 0 aromatic rings. The van der Waals surface area contributed by atoms with Gasteiger partial charge in [0.25, 0.3) is 0 Å². The summed E-state index contributed by atoms with van der Waals surface area (Å²) in [4.78, 5) is 0. The molecule has 0 amide bonds. The van der Waals surface area contributed by atoms with Crippen molar-refractivity contribution < 1.29 is 5.11 Å². The number of aliphatic hydroxyl groups excluding tert-OH is 1. The van der Waals surface area contributed by atoms with E-state index in [-0.39, 0.29) is 5.41 Å².